The first kappa shape index (κ1) is 20.0. The fraction of sp³-hybridized carbons (Fsp3) is 0.720. The van der Waals surface area contributed by atoms with Crippen LogP contribution >= 0.6 is 0 Å². The predicted octanol–water partition coefficient (Wildman–Crippen LogP) is 4.76. The van der Waals surface area contributed by atoms with Gasteiger partial charge in [0.15, 0.2) is 0 Å². The number of hydrogen-bond donors (Lipinski definition) is 0. The van der Waals surface area contributed by atoms with Gasteiger partial charge >= 0.3 is 5.97 Å². The van der Waals surface area contributed by atoms with Crippen molar-refractivity contribution in [1.29, 1.82) is 0 Å². The minimum atomic E-state index is -0.162. The first-order valence-electron chi connectivity index (χ1n) is 11.6. The van der Waals surface area contributed by atoms with Gasteiger partial charge in [-0.05, 0) is 74.0 Å². The Hall–Kier alpha value is -1.91. The second kappa shape index (κ2) is 6.54. The monoisotopic (exact) mass is 410 g/mol. The van der Waals surface area contributed by atoms with Gasteiger partial charge in [-0.25, -0.2) is 4.68 Å². The van der Waals surface area contributed by atoms with Crippen LogP contribution in [0.1, 0.15) is 88.0 Å². The van der Waals surface area contributed by atoms with Crippen LogP contribution < -0.4 is 0 Å². The molecule has 0 N–H and O–H groups in total. The molecule has 4 aliphatic carbocycles. The summed E-state index contributed by atoms with van der Waals surface area (Å²) in [5.41, 5.74) is 5.45. The molecular formula is C25H34N2O3. The lowest BCUT2D eigenvalue weighted by atomic mass is 9.47. The lowest BCUT2D eigenvalue weighted by Gasteiger charge is -2.57. The summed E-state index contributed by atoms with van der Waals surface area (Å²) < 4.78 is 7.25. The quantitative estimate of drug-likeness (QED) is 0.495. The smallest absolute Gasteiger partial charge is 0.302 e. The van der Waals surface area contributed by atoms with Gasteiger partial charge in [0.25, 0.3) is 0 Å². The summed E-state index contributed by atoms with van der Waals surface area (Å²) >= 11 is 0. The van der Waals surface area contributed by atoms with Crippen molar-refractivity contribution in [3.8, 4) is 0 Å². The Morgan fingerprint density at radius 3 is 2.53 bits per heavy atom. The van der Waals surface area contributed by atoms with Gasteiger partial charge < -0.3 is 4.74 Å². The van der Waals surface area contributed by atoms with E-state index in [2.05, 4.69) is 31.9 Å². The zero-order chi connectivity index (χ0) is 21.4. The molecule has 0 amide bonds. The molecule has 2 fully saturated rings. The van der Waals surface area contributed by atoms with Gasteiger partial charge in [0.05, 0.1) is 11.4 Å². The van der Waals surface area contributed by atoms with Crippen molar-refractivity contribution >= 4 is 11.9 Å². The molecule has 2 saturated carbocycles. The molecule has 162 valence electrons. The van der Waals surface area contributed by atoms with E-state index in [0.717, 1.165) is 37.8 Å². The molecule has 0 aromatic carbocycles. The average molecular weight is 411 g/mol. The number of aryl methyl sites for hydroxylation is 1. The Balaban J connectivity index is 1.47. The van der Waals surface area contributed by atoms with E-state index >= 15 is 0 Å². The molecule has 0 saturated heterocycles. The van der Waals surface area contributed by atoms with Gasteiger partial charge in [0, 0.05) is 25.8 Å². The zero-order valence-electron chi connectivity index (χ0n) is 19.0. The predicted molar refractivity (Wildman–Crippen MR) is 114 cm³/mol. The van der Waals surface area contributed by atoms with E-state index in [0.29, 0.717) is 17.8 Å². The number of rotatable bonds is 1. The molecule has 0 aliphatic heterocycles. The molecule has 1 aromatic rings. The first-order chi connectivity index (χ1) is 14.1. The number of fused-ring (bicyclic) bond motifs is 7. The van der Waals surface area contributed by atoms with Crippen molar-refractivity contribution in [3.63, 3.8) is 0 Å². The molecule has 5 rings (SSSR count). The van der Waals surface area contributed by atoms with Crippen molar-refractivity contribution in [2.24, 2.45) is 23.2 Å². The van der Waals surface area contributed by atoms with Crippen molar-refractivity contribution in [2.75, 3.05) is 0 Å². The molecular weight excluding hydrogens is 376 g/mol. The summed E-state index contributed by atoms with van der Waals surface area (Å²) in [6.07, 6.45) is 10.00. The molecule has 6 atom stereocenters. The molecule has 0 spiro atoms. The standard InChI is InChI=1S/C25H34N2O3/c1-14-23-22(27(26-14)15(2)28)13-21-19-7-6-17-12-18(30-16(3)29)8-10-24(17,4)20(19)9-11-25(21,23)5/h6,18-21H,7-13H2,1-5H3/t18-,19-,20+,21-,24+,25+/m1/s1. The molecule has 0 radical (unpaired) electrons. The highest BCUT2D eigenvalue weighted by Gasteiger charge is 2.59. The topological polar surface area (TPSA) is 61.2 Å². The molecule has 0 bridgehead atoms. The van der Waals surface area contributed by atoms with Gasteiger partial charge in [-0.2, -0.15) is 5.10 Å². The Bertz CT molecular complexity index is 960. The third-order valence-electron chi connectivity index (χ3n) is 9.22. The summed E-state index contributed by atoms with van der Waals surface area (Å²) in [7, 11) is 0. The Kier molecular flexibility index (Phi) is 4.37. The highest BCUT2D eigenvalue weighted by molar-refractivity contribution is 5.77. The van der Waals surface area contributed by atoms with E-state index in [4.69, 9.17) is 4.74 Å². The number of allylic oxidation sites excluding steroid dienone is 1. The van der Waals surface area contributed by atoms with Crippen molar-refractivity contribution in [2.45, 2.75) is 91.1 Å². The molecule has 5 heteroatoms. The maximum Gasteiger partial charge on any atom is 0.302 e. The minimum Gasteiger partial charge on any atom is -0.462 e. The Morgan fingerprint density at radius 1 is 1.10 bits per heavy atom. The maximum absolute atomic E-state index is 12.2. The van der Waals surface area contributed by atoms with Gasteiger partial charge in [0.1, 0.15) is 6.10 Å². The highest BCUT2D eigenvalue weighted by Crippen LogP contribution is 2.64. The van der Waals surface area contributed by atoms with Crippen LogP contribution in [0.15, 0.2) is 11.6 Å². The second-order valence-electron chi connectivity index (χ2n) is 10.7. The maximum atomic E-state index is 12.2. The number of carbonyl (C=O) groups excluding carboxylic acids is 2. The summed E-state index contributed by atoms with van der Waals surface area (Å²) in [5, 5.41) is 4.60. The molecule has 30 heavy (non-hydrogen) atoms. The van der Waals surface area contributed by atoms with Crippen LogP contribution in [0.4, 0.5) is 0 Å². The van der Waals surface area contributed by atoms with E-state index in [9.17, 15) is 9.59 Å². The van der Waals surface area contributed by atoms with Crippen molar-refractivity contribution < 1.29 is 14.3 Å². The van der Waals surface area contributed by atoms with Crippen LogP contribution in [0.25, 0.3) is 0 Å². The van der Waals surface area contributed by atoms with E-state index in [1.165, 1.54) is 36.6 Å². The molecule has 5 nitrogen and oxygen atoms in total. The normalized spacial score (nSPS) is 39.3. The van der Waals surface area contributed by atoms with Crippen LogP contribution in [0, 0.1) is 30.1 Å². The SMILES string of the molecule is CC(=O)O[C@@H]1CC[C@@]2(C)C(=CC[C@H]3[C@H]4Cc5c(c(C)nn5C(C)=O)[C@@]4(C)CC[C@@H]32)C1. The average Bonchev–Trinajstić information content (AvgIpc) is 3.16. The summed E-state index contributed by atoms with van der Waals surface area (Å²) in [6.45, 7) is 10.1. The van der Waals surface area contributed by atoms with Crippen LogP contribution in [0.2, 0.25) is 0 Å². The fourth-order valence-corrected chi connectivity index (χ4v) is 7.95. The van der Waals surface area contributed by atoms with Crippen LogP contribution in [-0.4, -0.2) is 27.8 Å². The highest BCUT2D eigenvalue weighted by atomic mass is 16.5. The Morgan fingerprint density at radius 2 is 1.83 bits per heavy atom. The molecule has 4 aliphatic rings. The van der Waals surface area contributed by atoms with Gasteiger partial charge in [0.2, 0.25) is 5.91 Å². The number of esters is 1. The summed E-state index contributed by atoms with van der Waals surface area (Å²) in [6, 6.07) is 0. The van der Waals surface area contributed by atoms with Gasteiger partial charge in [-0.15, -0.1) is 0 Å². The number of carbonyl (C=O) groups is 2. The molecule has 1 heterocycles. The number of ether oxygens (including phenoxy) is 1. The van der Waals surface area contributed by atoms with Crippen molar-refractivity contribution in [1.82, 2.24) is 9.78 Å². The number of aromatic nitrogens is 2. The first-order valence-corrected chi connectivity index (χ1v) is 11.6. The van der Waals surface area contributed by atoms with Crippen LogP contribution in [0.5, 0.6) is 0 Å². The lowest BCUT2D eigenvalue weighted by Crippen LogP contribution is -2.51. The molecule has 0 unspecified atom stereocenters. The third-order valence-corrected chi connectivity index (χ3v) is 9.22. The molecule has 1 aromatic heterocycles. The zero-order valence-corrected chi connectivity index (χ0v) is 19.0. The second-order valence-corrected chi connectivity index (χ2v) is 10.7. The van der Waals surface area contributed by atoms with Crippen LogP contribution in [0.3, 0.4) is 0 Å². The number of nitrogens with zero attached hydrogens (tertiary/aromatic N) is 2. The van der Waals surface area contributed by atoms with Crippen LogP contribution in [-0.2, 0) is 21.4 Å². The van der Waals surface area contributed by atoms with E-state index in [-0.39, 0.29) is 28.8 Å². The minimum absolute atomic E-state index is 0.0275. The lowest BCUT2D eigenvalue weighted by molar-refractivity contribution is -0.148. The van der Waals surface area contributed by atoms with E-state index in [1.807, 2.05) is 0 Å². The third kappa shape index (κ3) is 2.63. The summed E-state index contributed by atoms with van der Waals surface area (Å²) in [5.74, 6) is 1.77. The van der Waals surface area contributed by atoms with E-state index < -0.39 is 0 Å². The van der Waals surface area contributed by atoms with Gasteiger partial charge in [-0.3, -0.25) is 9.59 Å². The van der Waals surface area contributed by atoms with Crippen molar-refractivity contribution in [3.05, 3.63) is 28.6 Å². The largest absolute Gasteiger partial charge is 0.462 e. The number of hydrogen-bond acceptors (Lipinski definition) is 4. The van der Waals surface area contributed by atoms with E-state index in [1.54, 1.807) is 11.6 Å². The Labute approximate surface area is 179 Å². The van der Waals surface area contributed by atoms with Gasteiger partial charge in [-0.1, -0.05) is 25.5 Å². The fourth-order valence-electron chi connectivity index (χ4n) is 7.95. The summed E-state index contributed by atoms with van der Waals surface area (Å²) in [4.78, 5) is 23.7.